The highest BCUT2D eigenvalue weighted by molar-refractivity contribution is 6.32. The average Bonchev–Trinajstić information content (AvgIpc) is 3.38. The standard InChI is InChI=1S/C21H21ClN2O4/c1-13-9-19-14(10-15(13)22)17(25)11-20(28-19)21(26)23-12-16(18-5-4-8-27-18)24-6-2-3-7-24/h4-5,8-11,16H,2-3,6-7,12H2,1H3,(H,23,26)/t16-/m1/s1. The van der Waals surface area contributed by atoms with Gasteiger partial charge in [-0.15, -0.1) is 0 Å². The van der Waals surface area contributed by atoms with E-state index in [-0.39, 0.29) is 17.2 Å². The molecule has 1 amide bonds. The second kappa shape index (κ2) is 7.81. The van der Waals surface area contributed by atoms with Crippen LogP contribution < -0.4 is 10.7 Å². The second-order valence-electron chi connectivity index (χ2n) is 7.06. The maximum atomic E-state index is 12.7. The van der Waals surface area contributed by atoms with Crippen LogP contribution >= 0.6 is 11.6 Å². The Bertz CT molecular complexity index is 1050. The second-order valence-corrected chi connectivity index (χ2v) is 7.46. The fourth-order valence-electron chi connectivity index (χ4n) is 3.61. The molecule has 0 radical (unpaired) electrons. The van der Waals surface area contributed by atoms with Gasteiger partial charge in [0.25, 0.3) is 5.91 Å². The fourth-order valence-corrected chi connectivity index (χ4v) is 3.77. The number of hydrogen-bond acceptors (Lipinski definition) is 5. The number of benzene rings is 1. The number of amides is 1. The molecular formula is C21H21ClN2O4. The number of carbonyl (C=O) groups is 1. The number of nitrogens with zero attached hydrogens (tertiary/aromatic N) is 1. The molecule has 3 aromatic rings. The van der Waals surface area contributed by atoms with Crippen molar-refractivity contribution >= 4 is 28.5 Å². The first kappa shape index (κ1) is 18.8. The number of nitrogens with one attached hydrogen (secondary N) is 1. The van der Waals surface area contributed by atoms with Crippen LogP contribution in [0.25, 0.3) is 11.0 Å². The molecule has 0 spiro atoms. The lowest BCUT2D eigenvalue weighted by Gasteiger charge is -2.25. The third-order valence-electron chi connectivity index (χ3n) is 5.14. The van der Waals surface area contributed by atoms with E-state index in [0.29, 0.717) is 22.5 Å². The van der Waals surface area contributed by atoms with Crippen LogP contribution in [0, 0.1) is 6.92 Å². The molecule has 0 aliphatic carbocycles. The number of halogens is 1. The van der Waals surface area contributed by atoms with Gasteiger partial charge in [0.2, 0.25) is 0 Å². The Hall–Kier alpha value is -2.57. The van der Waals surface area contributed by atoms with Gasteiger partial charge in [-0.25, -0.2) is 0 Å². The van der Waals surface area contributed by atoms with Crippen LogP contribution in [0.3, 0.4) is 0 Å². The molecule has 28 heavy (non-hydrogen) atoms. The summed E-state index contributed by atoms with van der Waals surface area (Å²) in [4.78, 5) is 27.3. The van der Waals surface area contributed by atoms with Gasteiger partial charge in [0.15, 0.2) is 11.2 Å². The summed E-state index contributed by atoms with van der Waals surface area (Å²) in [5.41, 5.74) is 0.832. The summed E-state index contributed by atoms with van der Waals surface area (Å²) in [5, 5.41) is 3.73. The van der Waals surface area contributed by atoms with Crippen molar-refractivity contribution in [2.75, 3.05) is 19.6 Å². The van der Waals surface area contributed by atoms with Gasteiger partial charge in [0, 0.05) is 17.6 Å². The minimum atomic E-state index is -0.428. The Morgan fingerprint density at radius 2 is 2.07 bits per heavy atom. The monoisotopic (exact) mass is 400 g/mol. The summed E-state index contributed by atoms with van der Waals surface area (Å²) in [6, 6.07) is 8.16. The molecule has 7 heteroatoms. The molecule has 146 valence electrons. The van der Waals surface area contributed by atoms with E-state index in [4.69, 9.17) is 20.4 Å². The Balaban J connectivity index is 1.55. The number of aryl methyl sites for hydroxylation is 1. The van der Waals surface area contributed by atoms with E-state index in [1.54, 1.807) is 18.4 Å². The van der Waals surface area contributed by atoms with Gasteiger partial charge in [-0.2, -0.15) is 0 Å². The minimum absolute atomic E-state index is 0.0150. The van der Waals surface area contributed by atoms with Crippen LogP contribution in [-0.2, 0) is 0 Å². The third-order valence-corrected chi connectivity index (χ3v) is 5.55. The topological polar surface area (TPSA) is 75.7 Å². The van der Waals surface area contributed by atoms with E-state index in [2.05, 4.69) is 10.2 Å². The molecule has 1 aliphatic rings. The Morgan fingerprint density at radius 3 is 2.79 bits per heavy atom. The highest BCUT2D eigenvalue weighted by atomic mass is 35.5. The quantitative estimate of drug-likeness (QED) is 0.702. The molecule has 0 unspecified atom stereocenters. The lowest BCUT2D eigenvalue weighted by molar-refractivity contribution is 0.0906. The van der Waals surface area contributed by atoms with Gasteiger partial charge < -0.3 is 14.2 Å². The Kier molecular flexibility index (Phi) is 5.24. The van der Waals surface area contributed by atoms with E-state index in [9.17, 15) is 9.59 Å². The summed E-state index contributed by atoms with van der Waals surface area (Å²) in [6.07, 6.45) is 3.90. The molecule has 4 rings (SSSR count). The number of furan rings is 1. The molecule has 1 atom stereocenters. The predicted molar refractivity (Wildman–Crippen MR) is 107 cm³/mol. The van der Waals surface area contributed by atoms with Crippen LogP contribution in [0.1, 0.15) is 40.8 Å². The van der Waals surface area contributed by atoms with Crippen molar-refractivity contribution in [1.29, 1.82) is 0 Å². The summed E-state index contributed by atoms with van der Waals surface area (Å²) in [5.74, 6) is 0.369. The van der Waals surface area contributed by atoms with Crippen molar-refractivity contribution in [1.82, 2.24) is 10.2 Å². The molecule has 3 heterocycles. The Morgan fingerprint density at radius 1 is 1.29 bits per heavy atom. The van der Waals surface area contributed by atoms with Crippen LogP contribution in [0.5, 0.6) is 0 Å². The van der Waals surface area contributed by atoms with Gasteiger partial charge >= 0.3 is 0 Å². The average molecular weight is 401 g/mol. The van der Waals surface area contributed by atoms with Crippen LogP contribution in [-0.4, -0.2) is 30.4 Å². The van der Waals surface area contributed by atoms with E-state index in [1.165, 1.54) is 6.07 Å². The summed E-state index contributed by atoms with van der Waals surface area (Å²) in [6.45, 7) is 4.12. The zero-order valence-corrected chi connectivity index (χ0v) is 16.3. The first-order chi connectivity index (χ1) is 13.5. The maximum absolute atomic E-state index is 12.7. The number of fused-ring (bicyclic) bond motifs is 1. The van der Waals surface area contributed by atoms with Gasteiger partial charge in [0.05, 0.1) is 17.7 Å². The minimum Gasteiger partial charge on any atom is -0.468 e. The van der Waals surface area contributed by atoms with Crippen molar-refractivity contribution in [3.63, 3.8) is 0 Å². The zero-order chi connectivity index (χ0) is 19.7. The van der Waals surface area contributed by atoms with Crippen molar-refractivity contribution in [3.8, 4) is 0 Å². The lowest BCUT2D eigenvalue weighted by atomic mass is 10.1. The van der Waals surface area contributed by atoms with Gasteiger partial charge in [-0.1, -0.05) is 11.6 Å². The summed E-state index contributed by atoms with van der Waals surface area (Å²) >= 11 is 6.08. The first-order valence-electron chi connectivity index (χ1n) is 9.32. The van der Waals surface area contributed by atoms with E-state index < -0.39 is 5.91 Å². The van der Waals surface area contributed by atoms with Crippen LogP contribution in [0.15, 0.2) is 50.2 Å². The summed E-state index contributed by atoms with van der Waals surface area (Å²) < 4.78 is 11.2. The van der Waals surface area contributed by atoms with Crippen molar-refractivity contribution in [2.24, 2.45) is 0 Å². The molecule has 2 aromatic heterocycles. The summed E-state index contributed by atoms with van der Waals surface area (Å²) in [7, 11) is 0. The van der Waals surface area contributed by atoms with Gasteiger partial charge in [-0.05, 0) is 62.7 Å². The molecule has 0 bridgehead atoms. The molecule has 1 aromatic carbocycles. The lowest BCUT2D eigenvalue weighted by Crippen LogP contribution is -2.36. The maximum Gasteiger partial charge on any atom is 0.287 e. The molecule has 1 fully saturated rings. The van der Waals surface area contributed by atoms with E-state index in [0.717, 1.165) is 37.3 Å². The van der Waals surface area contributed by atoms with E-state index >= 15 is 0 Å². The van der Waals surface area contributed by atoms with Crippen molar-refractivity contribution in [3.05, 3.63) is 68.9 Å². The fraction of sp³-hybridized carbons (Fsp3) is 0.333. The zero-order valence-electron chi connectivity index (χ0n) is 15.5. The van der Waals surface area contributed by atoms with Gasteiger partial charge in [0.1, 0.15) is 11.3 Å². The molecule has 1 N–H and O–H groups in total. The predicted octanol–water partition coefficient (Wildman–Crippen LogP) is 3.91. The number of carbonyl (C=O) groups excluding carboxylic acids is 1. The number of likely N-dealkylation sites (tertiary alicyclic amines) is 1. The highest BCUT2D eigenvalue weighted by Crippen LogP contribution is 2.25. The SMILES string of the molecule is Cc1cc2oc(C(=O)NC[C@H](c3ccco3)N3CCCC3)cc(=O)c2cc1Cl. The molecule has 0 saturated carbocycles. The van der Waals surface area contributed by atoms with Gasteiger partial charge in [-0.3, -0.25) is 14.5 Å². The number of hydrogen-bond donors (Lipinski definition) is 1. The van der Waals surface area contributed by atoms with E-state index in [1.807, 2.05) is 19.1 Å². The highest BCUT2D eigenvalue weighted by Gasteiger charge is 2.26. The molecule has 1 saturated heterocycles. The van der Waals surface area contributed by atoms with Crippen molar-refractivity contribution in [2.45, 2.75) is 25.8 Å². The molecule has 1 aliphatic heterocycles. The largest absolute Gasteiger partial charge is 0.468 e. The molecular weight excluding hydrogens is 380 g/mol. The number of rotatable bonds is 5. The first-order valence-corrected chi connectivity index (χ1v) is 9.70. The smallest absolute Gasteiger partial charge is 0.287 e. The third kappa shape index (κ3) is 3.70. The molecule has 6 nitrogen and oxygen atoms in total. The normalized spacial score (nSPS) is 15.8. The van der Waals surface area contributed by atoms with Crippen LogP contribution in [0.4, 0.5) is 0 Å². The van der Waals surface area contributed by atoms with Crippen LogP contribution in [0.2, 0.25) is 5.02 Å². The van der Waals surface area contributed by atoms with Crippen molar-refractivity contribution < 1.29 is 13.6 Å². The Labute approximate surface area is 167 Å².